The topological polar surface area (TPSA) is 44.8 Å². The number of Topliss-reactive ketones (excluding diaryl/α,β-unsaturated/α-hetero) is 1. The maximum atomic E-state index is 11.4. The molecule has 0 radical (unpaired) electrons. The van der Waals surface area contributed by atoms with Crippen molar-refractivity contribution in [2.24, 2.45) is 0 Å². The molecule has 0 saturated heterocycles. The van der Waals surface area contributed by atoms with Crippen LogP contribution in [0.25, 0.3) is 0 Å². The van der Waals surface area contributed by atoms with Crippen LogP contribution >= 0.6 is 0 Å². The molecular formula is C10H10O4. The van der Waals surface area contributed by atoms with Gasteiger partial charge < -0.3 is 14.2 Å². The fourth-order valence-electron chi connectivity index (χ4n) is 1.46. The van der Waals surface area contributed by atoms with E-state index in [9.17, 15) is 4.79 Å². The first-order valence-corrected chi connectivity index (χ1v) is 4.21. The Bertz CT molecular complexity index is 384. The summed E-state index contributed by atoms with van der Waals surface area (Å²) >= 11 is 0. The van der Waals surface area contributed by atoms with E-state index in [0.717, 1.165) is 0 Å². The SMILES string of the molecule is COc1ccc2c(c1C(C)=O)OCO2. The smallest absolute Gasteiger partial charge is 0.231 e. The molecule has 0 bridgehead atoms. The highest BCUT2D eigenvalue weighted by Crippen LogP contribution is 2.40. The van der Waals surface area contributed by atoms with Crippen molar-refractivity contribution in [1.82, 2.24) is 0 Å². The molecular weight excluding hydrogens is 184 g/mol. The van der Waals surface area contributed by atoms with Gasteiger partial charge in [0.15, 0.2) is 17.3 Å². The molecule has 1 aromatic rings. The van der Waals surface area contributed by atoms with E-state index in [2.05, 4.69) is 0 Å². The lowest BCUT2D eigenvalue weighted by Gasteiger charge is -2.07. The number of hydrogen-bond acceptors (Lipinski definition) is 4. The summed E-state index contributed by atoms with van der Waals surface area (Å²) in [7, 11) is 1.52. The Labute approximate surface area is 81.4 Å². The first kappa shape index (κ1) is 8.87. The third kappa shape index (κ3) is 1.19. The summed E-state index contributed by atoms with van der Waals surface area (Å²) in [6, 6.07) is 3.43. The van der Waals surface area contributed by atoms with Gasteiger partial charge in [0.05, 0.1) is 7.11 Å². The molecule has 0 spiro atoms. The van der Waals surface area contributed by atoms with Gasteiger partial charge in [-0.25, -0.2) is 0 Å². The Morgan fingerprint density at radius 3 is 2.86 bits per heavy atom. The monoisotopic (exact) mass is 194 g/mol. The van der Waals surface area contributed by atoms with Crippen LogP contribution in [-0.2, 0) is 0 Å². The molecule has 1 aliphatic heterocycles. The lowest BCUT2D eigenvalue weighted by molar-refractivity contribution is 0.101. The number of rotatable bonds is 2. The van der Waals surface area contributed by atoms with E-state index in [1.54, 1.807) is 12.1 Å². The molecule has 0 aromatic heterocycles. The van der Waals surface area contributed by atoms with Crippen LogP contribution in [0.5, 0.6) is 17.2 Å². The van der Waals surface area contributed by atoms with Crippen LogP contribution in [0.1, 0.15) is 17.3 Å². The normalized spacial score (nSPS) is 12.7. The average molecular weight is 194 g/mol. The Hall–Kier alpha value is -1.71. The minimum atomic E-state index is -0.0933. The zero-order chi connectivity index (χ0) is 10.1. The standard InChI is InChI=1S/C10H10O4/c1-6(11)9-7(12-2)3-4-8-10(9)14-5-13-8/h3-4H,5H2,1-2H3. The molecule has 0 N–H and O–H groups in total. The average Bonchev–Trinajstić information content (AvgIpc) is 2.62. The molecule has 0 saturated carbocycles. The quantitative estimate of drug-likeness (QED) is 0.671. The molecule has 4 nitrogen and oxygen atoms in total. The van der Waals surface area contributed by atoms with E-state index < -0.39 is 0 Å². The largest absolute Gasteiger partial charge is 0.496 e. The van der Waals surface area contributed by atoms with Gasteiger partial charge in [0.2, 0.25) is 6.79 Å². The summed E-state index contributed by atoms with van der Waals surface area (Å²) in [6.45, 7) is 1.63. The number of ether oxygens (including phenoxy) is 3. The summed E-state index contributed by atoms with van der Waals surface area (Å²) in [5.74, 6) is 1.50. The second-order valence-electron chi connectivity index (χ2n) is 2.93. The van der Waals surface area contributed by atoms with E-state index in [0.29, 0.717) is 22.8 Å². The van der Waals surface area contributed by atoms with E-state index in [4.69, 9.17) is 14.2 Å². The highest BCUT2D eigenvalue weighted by atomic mass is 16.7. The number of fused-ring (bicyclic) bond motifs is 1. The van der Waals surface area contributed by atoms with Gasteiger partial charge in [0, 0.05) is 0 Å². The summed E-state index contributed by atoms with van der Waals surface area (Å²) in [5, 5.41) is 0. The third-order valence-electron chi connectivity index (χ3n) is 2.07. The molecule has 0 atom stereocenters. The molecule has 1 aliphatic rings. The molecule has 0 amide bonds. The van der Waals surface area contributed by atoms with Crippen LogP contribution in [0.15, 0.2) is 12.1 Å². The van der Waals surface area contributed by atoms with Crippen molar-refractivity contribution in [3.63, 3.8) is 0 Å². The predicted molar refractivity (Wildman–Crippen MR) is 49.1 cm³/mol. The van der Waals surface area contributed by atoms with Crippen molar-refractivity contribution >= 4 is 5.78 Å². The number of ketones is 1. The second kappa shape index (κ2) is 3.21. The number of hydrogen-bond donors (Lipinski definition) is 0. The molecule has 0 unspecified atom stereocenters. The summed E-state index contributed by atoms with van der Waals surface area (Å²) in [4.78, 5) is 11.4. The van der Waals surface area contributed by atoms with Crippen LogP contribution in [0, 0.1) is 0 Å². The second-order valence-corrected chi connectivity index (χ2v) is 2.93. The van der Waals surface area contributed by atoms with Gasteiger partial charge in [-0.15, -0.1) is 0 Å². The highest BCUT2D eigenvalue weighted by Gasteiger charge is 2.23. The molecule has 1 aromatic carbocycles. The molecule has 0 aliphatic carbocycles. The van der Waals surface area contributed by atoms with Crippen molar-refractivity contribution in [2.45, 2.75) is 6.92 Å². The van der Waals surface area contributed by atoms with Crippen LogP contribution in [0.3, 0.4) is 0 Å². The molecule has 74 valence electrons. The van der Waals surface area contributed by atoms with Crippen molar-refractivity contribution in [3.05, 3.63) is 17.7 Å². The number of carbonyl (C=O) groups is 1. The van der Waals surface area contributed by atoms with Crippen molar-refractivity contribution in [2.75, 3.05) is 13.9 Å². The summed E-state index contributed by atoms with van der Waals surface area (Å²) in [6.07, 6.45) is 0. The highest BCUT2D eigenvalue weighted by molar-refractivity contribution is 6.00. The Balaban J connectivity index is 2.62. The van der Waals surface area contributed by atoms with Crippen molar-refractivity contribution in [1.29, 1.82) is 0 Å². The van der Waals surface area contributed by atoms with Gasteiger partial charge in [0.1, 0.15) is 11.3 Å². The lowest BCUT2D eigenvalue weighted by Crippen LogP contribution is -2.00. The van der Waals surface area contributed by atoms with Gasteiger partial charge in [-0.3, -0.25) is 4.79 Å². The zero-order valence-corrected chi connectivity index (χ0v) is 7.99. The Morgan fingerprint density at radius 2 is 2.21 bits per heavy atom. The van der Waals surface area contributed by atoms with Crippen LogP contribution < -0.4 is 14.2 Å². The molecule has 2 rings (SSSR count). The zero-order valence-electron chi connectivity index (χ0n) is 7.99. The predicted octanol–water partition coefficient (Wildman–Crippen LogP) is 1.63. The van der Waals surface area contributed by atoms with Gasteiger partial charge in [-0.05, 0) is 19.1 Å². The van der Waals surface area contributed by atoms with E-state index >= 15 is 0 Å². The van der Waals surface area contributed by atoms with Gasteiger partial charge in [0.25, 0.3) is 0 Å². The number of benzene rings is 1. The van der Waals surface area contributed by atoms with Crippen LogP contribution in [-0.4, -0.2) is 19.7 Å². The third-order valence-corrected chi connectivity index (χ3v) is 2.07. The molecule has 14 heavy (non-hydrogen) atoms. The first-order valence-electron chi connectivity index (χ1n) is 4.21. The molecule has 4 heteroatoms. The fraction of sp³-hybridized carbons (Fsp3) is 0.300. The van der Waals surface area contributed by atoms with E-state index in [1.807, 2.05) is 0 Å². The maximum absolute atomic E-state index is 11.4. The fourth-order valence-corrected chi connectivity index (χ4v) is 1.46. The summed E-state index contributed by atoms with van der Waals surface area (Å²) in [5.41, 5.74) is 0.447. The summed E-state index contributed by atoms with van der Waals surface area (Å²) < 4.78 is 15.4. The number of carbonyl (C=O) groups excluding carboxylic acids is 1. The lowest BCUT2D eigenvalue weighted by atomic mass is 10.1. The van der Waals surface area contributed by atoms with Gasteiger partial charge >= 0.3 is 0 Å². The van der Waals surface area contributed by atoms with Gasteiger partial charge in [-0.1, -0.05) is 0 Å². The Kier molecular flexibility index (Phi) is 2.04. The van der Waals surface area contributed by atoms with Crippen LogP contribution in [0.2, 0.25) is 0 Å². The van der Waals surface area contributed by atoms with Crippen LogP contribution in [0.4, 0.5) is 0 Å². The minimum Gasteiger partial charge on any atom is -0.496 e. The maximum Gasteiger partial charge on any atom is 0.231 e. The minimum absolute atomic E-state index is 0.0933. The van der Waals surface area contributed by atoms with Crippen molar-refractivity contribution in [3.8, 4) is 17.2 Å². The van der Waals surface area contributed by atoms with E-state index in [-0.39, 0.29) is 12.6 Å². The first-order chi connectivity index (χ1) is 6.74. The number of methoxy groups -OCH3 is 1. The molecule has 0 fully saturated rings. The van der Waals surface area contributed by atoms with Crippen molar-refractivity contribution < 1.29 is 19.0 Å². The van der Waals surface area contributed by atoms with Gasteiger partial charge in [-0.2, -0.15) is 0 Å². The molecule has 1 heterocycles. The van der Waals surface area contributed by atoms with E-state index in [1.165, 1.54) is 14.0 Å². The Morgan fingerprint density at radius 1 is 1.43 bits per heavy atom.